The fourth-order valence-corrected chi connectivity index (χ4v) is 1.93. The van der Waals surface area contributed by atoms with Crippen LogP contribution in [0.1, 0.15) is 35.7 Å². The van der Waals surface area contributed by atoms with Crippen LogP contribution in [0.15, 0.2) is 41.5 Å². The summed E-state index contributed by atoms with van der Waals surface area (Å²) < 4.78 is 2.87. The van der Waals surface area contributed by atoms with E-state index in [9.17, 15) is 9.59 Å². The monoisotopic (exact) mass is 258 g/mol. The lowest BCUT2D eigenvalue weighted by Gasteiger charge is -2.06. The number of carbonyl (C=O) groups excluding carboxylic acids is 1. The number of nitrogens with zero attached hydrogens (tertiary/aromatic N) is 2. The van der Waals surface area contributed by atoms with Crippen LogP contribution in [0.3, 0.4) is 0 Å². The Kier molecular flexibility index (Phi) is 3.69. The summed E-state index contributed by atoms with van der Waals surface area (Å²) in [5.41, 5.74) is 1.67. The van der Waals surface area contributed by atoms with Crippen molar-refractivity contribution >= 4 is 5.78 Å². The van der Waals surface area contributed by atoms with E-state index in [0.29, 0.717) is 11.5 Å². The molecule has 0 N–H and O–H groups in total. The van der Waals surface area contributed by atoms with E-state index in [2.05, 4.69) is 13.8 Å². The number of rotatable bonds is 4. The SMILES string of the molecule is CC(C)c1ccc(C(=O)Cn2ccn(C)c2=O)cc1. The molecule has 1 aromatic carbocycles. The molecule has 100 valence electrons. The van der Waals surface area contributed by atoms with Gasteiger partial charge in [-0.15, -0.1) is 0 Å². The van der Waals surface area contributed by atoms with Crippen LogP contribution in [0.25, 0.3) is 0 Å². The van der Waals surface area contributed by atoms with Gasteiger partial charge in [-0.25, -0.2) is 4.79 Å². The first kappa shape index (κ1) is 13.3. The Labute approximate surface area is 112 Å². The van der Waals surface area contributed by atoms with Gasteiger partial charge in [-0.05, 0) is 11.5 Å². The maximum absolute atomic E-state index is 12.1. The predicted molar refractivity (Wildman–Crippen MR) is 74.5 cm³/mol. The largest absolute Gasteiger partial charge is 0.328 e. The Hall–Kier alpha value is -2.10. The van der Waals surface area contributed by atoms with Crippen molar-refractivity contribution in [2.45, 2.75) is 26.3 Å². The summed E-state index contributed by atoms with van der Waals surface area (Å²) >= 11 is 0. The number of imidazole rings is 1. The van der Waals surface area contributed by atoms with Crippen LogP contribution in [-0.2, 0) is 13.6 Å². The lowest BCUT2D eigenvalue weighted by molar-refractivity contribution is 0.0970. The topological polar surface area (TPSA) is 44.0 Å². The van der Waals surface area contributed by atoms with Crippen LogP contribution < -0.4 is 5.69 Å². The summed E-state index contributed by atoms with van der Waals surface area (Å²) in [7, 11) is 1.67. The molecule has 2 aromatic rings. The predicted octanol–water partition coefficient (Wildman–Crippen LogP) is 2.19. The molecule has 0 aliphatic rings. The standard InChI is InChI=1S/C15H18N2O2/c1-11(2)12-4-6-13(7-5-12)14(18)10-17-9-8-16(3)15(17)19/h4-9,11H,10H2,1-3H3. The molecule has 0 saturated carbocycles. The first-order valence-electron chi connectivity index (χ1n) is 6.34. The first-order valence-corrected chi connectivity index (χ1v) is 6.34. The van der Waals surface area contributed by atoms with Crippen molar-refractivity contribution in [1.82, 2.24) is 9.13 Å². The molecule has 0 bridgehead atoms. The number of aromatic nitrogens is 2. The summed E-state index contributed by atoms with van der Waals surface area (Å²) in [5.74, 6) is 0.393. The van der Waals surface area contributed by atoms with Gasteiger partial charge in [-0.1, -0.05) is 38.1 Å². The molecule has 4 heteroatoms. The maximum atomic E-state index is 12.1. The van der Waals surface area contributed by atoms with Gasteiger partial charge in [0.25, 0.3) is 0 Å². The number of hydrogen-bond donors (Lipinski definition) is 0. The average Bonchev–Trinajstić information content (AvgIpc) is 2.71. The molecule has 0 spiro atoms. The van der Waals surface area contributed by atoms with Crippen molar-refractivity contribution in [3.05, 3.63) is 58.3 Å². The van der Waals surface area contributed by atoms with E-state index in [4.69, 9.17) is 0 Å². The highest BCUT2D eigenvalue weighted by Crippen LogP contribution is 2.15. The van der Waals surface area contributed by atoms with Crippen LogP contribution in [0.2, 0.25) is 0 Å². The van der Waals surface area contributed by atoms with Gasteiger partial charge < -0.3 is 4.57 Å². The zero-order valence-corrected chi connectivity index (χ0v) is 11.5. The second kappa shape index (κ2) is 5.26. The fraction of sp³-hybridized carbons (Fsp3) is 0.333. The summed E-state index contributed by atoms with van der Waals surface area (Å²) in [6.07, 6.45) is 3.28. The third kappa shape index (κ3) is 2.84. The normalized spacial score (nSPS) is 10.9. The van der Waals surface area contributed by atoms with Crippen molar-refractivity contribution in [3.63, 3.8) is 0 Å². The highest BCUT2D eigenvalue weighted by atomic mass is 16.2. The first-order chi connectivity index (χ1) is 8.99. The smallest absolute Gasteiger partial charge is 0.302 e. The second-order valence-electron chi connectivity index (χ2n) is 5.02. The Balaban J connectivity index is 2.16. The van der Waals surface area contributed by atoms with Crippen LogP contribution in [0.5, 0.6) is 0 Å². The van der Waals surface area contributed by atoms with E-state index < -0.39 is 0 Å². The molecule has 0 unspecified atom stereocenters. The molecule has 1 aromatic heterocycles. The third-order valence-corrected chi connectivity index (χ3v) is 3.23. The molecule has 1 heterocycles. The zero-order valence-electron chi connectivity index (χ0n) is 11.5. The average molecular weight is 258 g/mol. The van der Waals surface area contributed by atoms with Crippen LogP contribution in [0.4, 0.5) is 0 Å². The van der Waals surface area contributed by atoms with Crippen molar-refractivity contribution in [1.29, 1.82) is 0 Å². The van der Waals surface area contributed by atoms with Gasteiger partial charge in [0.2, 0.25) is 0 Å². The van der Waals surface area contributed by atoms with Crippen molar-refractivity contribution in [3.8, 4) is 0 Å². The minimum atomic E-state index is -0.174. The van der Waals surface area contributed by atoms with Gasteiger partial charge in [-0.3, -0.25) is 9.36 Å². The summed E-state index contributed by atoms with van der Waals surface area (Å²) in [4.78, 5) is 23.7. The van der Waals surface area contributed by atoms with Gasteiger partial charge in [0, 0.05) is 25.0 Å². The Morgan fingerprint density at radius 2 is 1.79 bits per heavy atom. The van der Waals surface area contributed by atoms with Gasteiger partial charge >= 0.3 is 5.69 Å². The lowest BCUT2D eigenvalue weighted by Crippen LogP contribution is -2.25. The zero-order chi connectivity index (χ0) is 14.0. The van der Waals surface area contributed by atoms with Crippen LogP contribution >= 0.6 is 0 Å². The molecule has 0 saturated heterocycles. The molecule has 0 aliphatic heterocycles. The highest BCUT2D eigenvalue weighted by Gasteiger charge is 2.09. The van der Waals surface area contributed by atoms with E-state index in [-0.39, 0.29) is 18.0 Å². The van der Waals surface area contributed by atoms with Gasteiger partial charge in [0.1, 0.15) is 0 Å². The van der Waals surface area contributed by atoms with Gasteiger partial charge in [0.05, 0.1) is 6.54 Å². The van der Waals surface area contributed by atoms with Crippen LogP contribution in [0, 0.1) is 0 Å². The van der Waals surface area contributed by atoms with Crippen molar-refractivity contribution in [2.24, 2.45) is 7.05 Å². The lowest BCUT2D eigenvalue weighted by atomic mass is 10.0. The molecule has 0 fully saturated rings. The van der Waals surface area contributed by atoms with E-state index in [1.54, 1.807) is 19.4 Å². The molecule has 19 heavy (non-hydrogen) atoms. The minimum absolute atomic E-state index is 0.0522. The van der Waals surface area contributed by atoms with E-state index in [1.807, 2.05) is 24.3 Å². The third-order valence-electron chi connectivity index (χ3n) is 3.23. The fourth-order valence-electron chi connectivity index (χ4n) is 1.93. The quantitative estimate of drug-likeness (QED) is 0.789. The Morgan fingerprint density at radius 1 is 1.16 bits per heavy atom. The molecular weight excluding hydrogens is 240 g/mol. The molecule has 2 rings (SSSR count). The number of Topliss-reactive ketones (excluding diaryl/α,β-unsaturated/α-hetero) is 1. The van der Waals surface area contributed by atoms with Crippen molar-refractivity contribution < 1.29 is 4.79 Å². The number of hydrogen-bond acceptors (Lipinski definition) is 2. The molecule has 4 nitrogen and oxygen atoms in total. The number of aryl methyl sites for hydroxylation is 1. The molecule has 0 radical (unpaired) electrons. The summed E-state index contributed by atoms with van der Waals surface area (Å²) in [6, 6.07) is 7.58. The summed E-state index contributed by atoms with van der Waals surface area (Å²) in [5, 5.41) is 0. The number of carbonyl (C=O) groups is 1. The molecule has 0 amide bonds. The molecular formula is C15H18N2O2. The molecule has 0 aliphatic carbocycles. The van der Waals surface area contributed by atoms with E-state index in [0.717, 1.165) is 0 Å². The second-order valence-corrected chi connectivity index (χ2v) is 5.02. The highest BCUT2D eigenvalue weighted by molar-refractivity contribution is 5.95. The summed E-state index contributed by atoms with van der Waals surface area (Å²) in [6.45, 7) is 4.31. The van der Waals surface area contributed by atoms with Gasteiger partial charge in [-0.2, -0.15) is 0 Å². The van der Waals surface area contributed by atoms with E-state index >= 15 is 0 Å². The maximum Gasteiger partial charge on any atom is 0.328 e. The Bertz CT molecular complexity index is 633. The van der Waals surface area contributed by atoms with E-state index in [1.165, 1.54) is 14.7 Å². The molecule has 0 atom stereocenters. The Morgan fingerprint density at radius 3 is 2.26 bits per heavy atom. The number of ketones is 1. The number of benzene rings is 1. The van der Waals surface area contributed by atoms with Crippen molar-refractivity contribution in [2.75, 3.05) is 0 Å². The van der Waals surface area contributed by atoms with Gasteiger partial charge in [0.15, 0.2) is 5.78 Å². The minimum Gasteiger partial charge on any atom is -0.302 e. The van der Waals surface area contributed by atoms with Crippen LogP contribution in [-0.4, -0.2) is 14.9 Å².